The molecular weight excluding hydrogens is 467 g/mol. The third-order valence-corrected chi connectivity index (χ3v) is 6.29. The number of aryl methyl sites for hydroxylation is 1. The molecule has 1 atom stereocenters. The van der Waals surface area contributed by atoms with Crippen LogP contribution >= 0.6 is 0 Å². The molecule has 5 rings (SSSR count). The van der Waals surface area contributed by atoms with Gasteiger partial charge in [0.2, 0.25) is 17.6 Å². The third-order valence-electron chi connectivity index (χ3n) is 6.29. The highest BCUT2D eigenvalue weighted by molar-refractivity contribution is 5.76. The Balaban J connectivity index is 1.29. The van der Waals surface area contributed by atoms with E-state index in [1.165, 1.54) is 36.9 Å². The molecule has 10 nitrogen and oxygen atoms in total. The van der Waals surface area contributed by atoms with Crippen LogP contribution in [0.1, 0.15) is 30.2 Å². The van der Waals surface area contributed by atoms with Crippen molar-refractivity contribution in [3.8, 4) is 17.2 Å². The zero-order valence-electron chi connectivity index (χ0n) is 19.5. The van der Waals surface area contributed by atoms with Gasteiger partial charge in [-0.1, -0.05) is 35.5 Å². The number of rotatable bonds is 6. The van der Waals surface area contributed by atoms with E-state index in [9.17, 15) is 18.8 Å². The van der Waals surface area contributed by atoms with Crippen molar-refractivity contribution in [2.45, 2.75) is 25.2 Å². The number of aromatic nitrogens is 5. The molecular formula is C25H23FN6O4. The molecule has 0 spiro atoms. The molecule has 1 amide bonds. The minimum atomic E-state index is -0.705. The number of benzene rings is 2. The first kappa shape index (κ1) is 23.3. The van der Waals surface area contributed by atoms with Gasteiger partial charge in [-0.2, -0.15) is 14.8 Å². The van der Waals surface area contributed by atoms with Crippen LogP contribution in [0, 0.1) is 5.82 Å². The predicted octanol–water partition coefficient (Wildman–Crippen LogP) is 2.07. The van der Waals surface area contributed by atoms with Crippen molar-refractivity contribution in [3.63, 3.8) is 0 Å². The van der Waals surface area contributed by atoms with Gasteiger partial charge in [-0.3, -0.25) is 14.2 Å². The summed E-state index contributed by atoms with van der Waals surface area (Å²) in [6.07, 6.45) is 1.30. The van der Waals surface area contributed by atoms with Crippen LogP contribution in [0.2, 0.25) is 0 Å². The fourth-order valence-electron chi connectivity index (χ4n) is 4.27. The molecule has 2 aromatic heterocycles. The predicted molar refractivity (Wildman–Crippen MR) is 127 cm³/mol. The van der Waals surface area contributed by atoms with Crippen molar-refractivity contribution < 1.29 is 13.7 Å². The highest BCUT2D eigenvalue weighted by atomic mass is 19.1. The van der Waals surface area contributed by atoms with E-state index in [1.807, 2.05) is 23.1 Å². The van der Waals surface area contributed by atoms with Gasteiger partial charge in [0, 0.05) is 38.9 Å². The Bertz CT molecular complexity index is 1510. The Labute approximate surface area is 204 Å². The van der Waals surface area contributed by atoms with Gasteiger partial charge >= 0.3 is 5.69 Å². The number of carbonyl (C=O) groups is 1. The normalized spacial score (nSPS) is 15.4. The van der Waals surface area contributed by atoms with Crippen molar-refractivity contribution in [1.82, 2.24) is 29.4 Å². The monoisotopic (exact) mass is 490 g/mol. The highest BCUT2D eigenvalue weighted by Crippen LogP contribution is 2.27. The molecule has 4 aromatic rings. The number of carbonyl (C=O) groups excluding carboxylic acids is 1. The number of amides is 1. The second kappa shape index (κ2) is 9.68. The lowest BCUT2D eigenvalue weighted by Gasteiger charge is -2.16. The minimum Gasteiger partial charge on any atom is -0.342 e. The average Bonchev–Trinajstić information content (AvgIpc) is 3.58. The lowest BCUT2D eigenvalue weighted by atomic mass is 9.99. The summed E-state index contributed by atoms with van der Waals surface area (Å²) in [6, 6.07) is 15.2. The molecule has 0 N–H and O–H groups in total. The van der Waals surface area contributed by atoms with E-state index in [-0.39, 0.29) is 41.8 Å². The van der Waals surface area contributed by atoms with Gasteiger partial charge in [-0.15, -0.1) is 0 Å². The Hall–Kier alpha value is -4.41. The Kier molecular flexibility index (Phi) is 6.28. The fourth-order valence-corrected chi connectivity index (χ4v) is 4.27. The summed E-state index contributed by atoms with van der Waals surface area (Å²) >= 11 is 0. The van der Waals surface area contributed by atoms with Crippen molar-refractivity contribution in [2.75, 3.05) is 13.1 Å². The Morgan fingerprint density at radius 3 is 2.61 bits per heavy atom. The van der Waals surface area contributed by atoms with Crippen LogP contribution in [0.4, 0.5) is 4.39 Å². The highest BCUT2D eigenvalue weighted by Gasteiger charge is 2.27. The first-order chi connectivity index (χ1) is 17.4. The SMILES string of the molecule is Cn1c(=O)c(-c2noc(CCC(=O)N3CC[C@H](c4ccccc4)C3)n2)nn(-c2ccc(F)cc2)c1=O. The van der Waals surface area contributed by atoms with Crippen LogP contribution in [0.25, 0.3) is 17.2 Å². The molecule has 0 bridgehead atoms. The van der Waals surface area contributed by atoms with Gasteiger partial charge in [0.1, 0.15) is 5.82 Å². The average molecular weight is 490 g/mol. The van der Waals surface area contributed by atoms with E-state index in [2.05, 4.69) is 27.4 Å². The molecule has 2 aromatic carbocycles. The summed E-state index contributed by atoms with van der Waals surface area (Å²) in [7, 11) is 1.30. The number of likely N-dealkylation sites (tertiary alicyclic amines) is 1. The molecule has 0 radical (unpaired) electrons. The molecule has 11 heteroatoms. The lowest BCUT2D eigenvalue weighted by molar-refractivity contribution is -0.130. The van der Waals surface area contributed by atoms with E-state index in [0.29, 0.717) is 19.0 Å². The first-order valence-electron chi connectivity index (χ1n) is 11.5. The maximum Gasteiger partial charge on any atom is 0.351 e. The molecule has 1 fully saturated rings. The Morgan fingerprint density at radius 2 is 1.86 bits per heavy atom. The first-order valence-corrected chi connectivity index (χ1v) is 11.5. The zero-order valence-corrected chi connectivity index (χ0v) is 19.5. The zero-order chi connectivity index (χ0) is 25.2. The molecule has 184 valence electrons. The van der Waals surface area contributed by atoms with Gasteiger partial charge in [0.05, 0.1) is 5.69 Å². The maximum absolute atomic E-state index is 13.3. The van der Waals surface area contributed by atoms with Gasteiger partial charge in [-0.05, 0) is 36.2 Å². The van der Waals surface area contributed by atoms with Crippen molar-refractivity contribution in [3.05, 3.63) is 92.7 Å². The van der Waals surface area contributed by atoms with Gasteiger partial charge in [-0.25, -0.2) is 9.18 Å². The molecule has 0 aliphatic carbocycles. The molecule has 1 saturated heterocycles. The molecule has 1 aliphatic rings. The summed E-state index contributed by atoms with van der Waals surface area (Å²) in [6.45, 7) is 1.36. The van der Waals surface area contributed by atoms with Crippen LogP contribution < -0.4 is 11.2 Å². The standard InChI is InChI=1S/C25H23FN6O4/c1-30-24(34)22(28-32(25(30)35)19-9-7-18(26)8-10-19)23-27-20(36-29-23)11-12-21(33)31-14-13-17(15-31)16-5-3-2-4-6-16/h2-10,17H,11-15H2,1H3/t17-/m0/s1. The van der Waals surface area contributed by atoms with E-state index < -0.39 is 17.1 Å². The minimum absolute atomic E-state index is 0.00733. The Morgan fingerprint density at radius 1 is 1.11 bits per heavy atom. The number of nitrogens with zero attached hydrogens (tertiary/aromatic N) is 6. The van der Waals surface area contributed by atoms with Crippen LogP contribution in [-0.4, -0.2) is 48.4 Å². The summed E-state index contributed by atoms with van der Waals surface area (Å²) in [4.78, 5) is 44.0. The number of hydrogen-bond acceptors (Lipinski definition) is 7. The van der Waals surface area contributed by atoms with Crippen molar-refractivity contribution in [2.24, 2.45) is 7.05 Å². The summed E-state index contributed by atoms with van der Waals surface area (Å²) in [5.74, 6) is -0.0743. The third kappa shape index (κ3) is 4.59. The smallest absolute Gasteiger partial charge is 0.342 e. The van der Waals surface area contributed by atoms with Gasteiger partial charge in [0.25, 0.3) is 5.56 Å². The van der Waals surface area contributed by atoms with E-state index in [4.69, 9.17) is 4.52 Å². The van der Waals surface area contributed by atoms with Crippen LogP contribution in [0.5, 0.6) is 0 Å². The molecule has 0 unspecified atom stereocenters. The lowest BCUT2D eigenvalue weighted by Crippen LogP contribution is -2.40. The summed E-state index contributed by atoms with van der Waals surface area (Å²) < 4.78 is 20.4. The summed E-state index contributed by atoms with van der Waals surface area (Å²) in [5.41, 5.74) is -0.111. The maximum atomic E-state index is 13.3. The van der Waals surface area contributed by atoms with Gasteiger partial charge < -0.3 is 9.42 Å². The van der Waals surface area contributed by atoms with Gasteiger partial charge in [0.15, 0.2) is 5.69 Å². The van der Waals surface area contributed by atoms with E-state index >= 15 is 0 Å². The van der Waals surface area contributed by atoms with E-state index in [0.717, 1.165) is 15.7 Å². The number of halogens is 1. The van der Waals surface area contributed by atoms with Crippen molar-refractivity contribution >= 4 is 5.91 Å². The van der Waals surface area contributed by atoms with Crippen molar-refractivity contribution in [1.29, 1.82) is 0 Å². The second-order valence-corrected chi connectivity index (χ2v) is 8.63. The molecule has 0 saturated carbocycles. The van der Waals surface area contributed by atoms with E-state index in [1.54, 1.807) is 0 Å². The molecule has 3 heterocycles. The van der Waals surface area contributed by atoms with Crippen LogP contribution in [-0.2, 0) is 18.3 Å². The number of hydrogen-bond donors (Lipinski definition) is 0. The largest absolute Gasteiger partial charge is 0.351 e. The quantitative estimate of drug-likeness (QED) is 0.406. The molecule has 36 heavy (non-hydrogen) atoms. The van der Waals surface area contributed by atoms with Crippen LogP contribution in [0.3, 0.4) is 0 Å². The fraction of sp³-hybridized carbons (Fsp3) is 0.280. The summed E-state index contributed by atoms with van der Waals surface area (Å²) in [5, 5.41) is 7.93. The van der Waals surface area contributed by atoms with Crippen LogP contribution in [0.15, 0.2) is 68.7 Å². The second-order valence-electron chi connectivity index (χ2n) is 8.63. The molecule has 1 aliphatic heterocycles. The topological polar surface area (TPSA) is 116 Å².